The molecule has 0 aliphatic heterocycles. The second-order valence-electron chi connectivity index (χ2n) is 6.80. The Bertz CT molecular complexity index is 1390. The van der Waals surface area contributed by atoms with Crippen LogP contribution in [0.2, 0.25) is 5.02 Å². The predicted molar refractivity (Wildman–Crippen MR) is 112 cm³/mol. The summed E-state index contributed by atoms with van der Waals surface area (Å²) in [4.78, 5) is 30.6. The van der Waals surface area contributed by atoms with Gasteiger partial charge in [-0.25, -0.2) is 23.1 Å². The van der Waals surface area contributed by atoms with Crippen molar-refractivity contribution in [3.05, 3.63) is 91.9 Å². The molecule has 0 bridgehead atoms. The fourth-order valence-corrected chi connectivity index (χ4v) is 3.58. The number of halogens is 3. The van der Waals surface area contributed by atoms with Crippen LogP contribution in [0.5, 0.6) is 0 Å². The number of nitrogens with zero attached hydrogens (tertiary/aromatic N) is 4. The smallest absolute Gasteiger partial charge is 0.337 e. The number of aromatic nitrogens is 4. The van der Waals surface area contributed by atoms with Crippen molar-refractivity contribution in [2.45, 2.75) is 13.1 Å². The number of fused-ring (bicyclic) bond motifs is 1. The van der Waals surface area contributed by atoms with Crippen molar-refractivity contribution in [1.29, 1.82) is 0 Å². The van der Waals surface area contributed by atoms with Crippen LogP contribution >= 0.6 is 11.6 Å². The first-order valence-corrected chi connectivity index (χ1v) is 9.68. The average Bonchev–Trinajstić information content (AvgIpc) is 3.15. The summed E-state index contributed by atoms with van der Waals surface area (Å²) in [6.45, 7) is 0.0530. The van der Waals surface area contributed by atoms with Crippen molar-refractivity contribution in [3.63, 3.8) is 0 Å². The Kier molecular flexibility index (Phi) is 5.71. The Labute approximate surface area is 179 Å². The second-order valence-corrected chi connectivity index (χ2v) is 7.21. The lowest BCUT2D eigenvalue weighted by molar-refractivity contribution is 0.184. The molecule has 0 unspecified atom stereocenters. The lowest BCUT2D eigenvalue weighted by Gasteiger charge is -2.13. The molecule has 0 N–H and O–H groups in total. The Morgan fingerprint density at radius 1 is 1.13 bits per heavy atom. The molecule has 0 amide bonds. The summed E-state index contributed by atoms with van der Waals surface area (Å²) in [5.41, 5.74) is -0.539. The van der Waals surface area contributed by atoms with Gasteiger partial charge in [0.2, 0.25) is 0 Å². The highest BCUT2D eigenvalue weighted by atomic mass is 35.5. The van der Waals surface area contributed by atoms with E-state index < -0.39 is 22.9 Å². The Balaban J connectivity index is 1.99. The van der Waals surface area contributed by atoms with E-state index in [1.807, 2.05) is 0 Å². The van der Waals surface area contributed by atoms with E-state index in [-0.39, 0.29) is 36.4 Å². The van der Waals surface area contributed by atoms with E-state index >= 15 is 0 Å². The minimum atomic E-state index is -0.749. The van der Waals surface area contributed by atoms with E-state index in [1.165, 1.54) is 28.6 Å². The molecule has 0 fully saturated rings. The first-order valence-electron chi connectivity index (χ1n) is 9.31. The van der Waals surface area contributed by atoms with Crippen LogP contribution in [0.1, 0.15) is 5.56 Å². The topological polar surface area (TPSA) is 71.1 Å². The van der Waals surface area contributed by atoms with Crippen molar-refractivity contribution in [2.75, 3.05) is 13.7 Å². The van der Waals surface area contributed by atoms with Crippen molar-refractivity contribution in [1.82, 2.24) is 18.7 Å². The summed E-state index contributed by atoms with van der Waals surface area (Å²) in [5.74, 6) is -1.45. The Hall–Kier alpha value is -3.30. The highest BCUT2D eigenvalue weighted by molar-refractivity contribution is 6.32. The number of methoxy groups -OCH3 is 1. The molecule has 0 saturated carbocycles. The predicted octanol–water partition coefficient (Wildman–Crippen LogP) is 2.98. The summed E-state index contributed by atoms with van der Waals surface area (Å²) < 4.78 is 36.2. The highest BCUT2D eigenvalue weighted by Gasteiger charge is 2.21. The van der Waals surface area contributed by atoms with Crippen LogP contribution in [0.3, 0.4) is 0 Å². The first kappa shape index (κ1) is 21.0. The lowest BCUT2D eigenvalue weighted by atomic mass is 10.2. The molecule has 160 valence electrons. The van der Waals surface area contributed by atoms with Crippen LogP contribution in [0.15, 0.2) is 58.4 Å². The lowest BCUT2D eigenvalue weighted by Crippen LogP contribution is -2.41. The minimum Gasteiger partial charge on any atom is -0.383 e. The fraction of sp³-hybridized carbons (Fsp3) is 0.190. The van der Waals surface area contributed by atoms with Gasteiger partial charge in [-0.1, -0.05) is 29.8 Å². The molecule has 2 heterocycles. The van der Waals surface area contributed by atoms with E-state index in [4.69, 9.17) is 16.3 Å². The standard InChI is InChI=1S/C21H17ClF2N4O3/c1-31-9-8-27-20(29)18-19(28(21(27)30)17-5-3-2-4-15(17)22)25-12-26(18)11-13-6-7-14(23)10-16(13)24/h2-7,10,12H,8-9,11H2,1H3. The second kappa shape index (κ2) is 8.44. The molecule has 0 saturated heterocycles. The Morgan fingerprint density at radius 2 is 1.90 bits per heavy atom. The van der Waals surface area contributed by atoms with Crippen LogP contribution in [0.4, 0.5) is 8.78 Å². The summed E-state index contributed by atoms with van der Waals surface area (Å²) in [6, 6.07) is 9.86. The molecule has 0 aliphatic rings. The van der Waals surface area contributed by atoms with E-state index in [2.05, 4.69) is 4.98 Å². The number of para-hydroxylation sites is 1. The van der Waals surface area contributed by atoms with Crippen molar-refractivity contribution < 1.29 is 13.5 Å². The molecular formula is C21H17ClF2N4O3. The number of imidazole rings is 1. The molecule has 4 rings (SSSR count). The Morgan fingerprint density at radius 3 is 2.61 bits per heavy atom. The number of ether oxygens (including phenoxy) is 1. The normalized spacial score (nSPS) is 11.4. The van der Waals surface area contributed by atoms with Crippen LogP contribution < -0.4 is 11.2 Å². The maximum absolute atomic E-state index is 14.2. The van der Waals surface area contributed by atoms with Crippen LogP contribution in [-0.4, -0.2) is 32.4 Å². The number of hydrogen-bond donors (Lipinski definition) is 0. The van der Waals surface area contributed by atoms with Gasteiger partial charge in [0.25, 0.3) is 5.56 Å². The third kappa shape index (κ3) is 3.77. The average molecular weight is 447 g/mol. The van der Waals surface area contributed by atoms with Crippen molar-refractivity contribution >= 4 is 22.8 Å². The van der Waals surface area contributed by atoms with E-state index in [9.17, 15) is 18.4 Å². The van der Waals surface area contributed by atoms with E-state index in [0.29, 0.717) is 10.7 Å². The summed E-state index contributed by atoms with van der Waals surface area (Å²) in [7, 11) is 1.46. The number of hydrogen-bond acceptors (Lipinski definition) is 4. The molecule has 31 heavy (non-hydrogen) atoms. The van der Waals surface area contributed by atoms with Gasteiger partial charge >= 0.3 is 5.69 Å². The molecule has 7 nitrogen and oxygen atoms in total. The van der Waals surface area contributed by atoms with Gasteiger partial charge in [-0.05, 0) is 18.2 Å². The van der Waals surface area contributed by atoms with Gasteiger partial charge in [-0.3, -0.25) is 9.36 Å². The van der Waals surface area contributed by atoms with Gasteiger partial charge in [0.05, 0.1) is 36.7 Å². The monoisotopic (exact) mass is 446 g/mol. The minimum absolute atomic E-state index is 0.00461. The van der Waals surface area contributed by atoms with Gasteiger partial charge in [0.1, 0.15) is 11.6 Å². The summed E-state index contributed by atoms with van der Waals surface area (Å²) in [6.07, 6.45) is 1.34. The molecule has 0 radical (unpaired) electrons. The summed E-state index contributed by atoms with van der Waals surface area (Å²) in [5, 5.41) is 0.293. The molecule has 0 aliphatic carbocycles. The van der Waals surface area contributed by atoms with Gasteiger partial charge in [0.15, 0.2) is 11.2 Å². The van der Waals surface area contributed by atoms with Gasteiger partial charge < -0.3 is 9.30 Å². The first-order chi connectivity index (χ1) is 14.9. The molecule has 4 aromatic rings. The summed E-state index contributed by atoms with van der Waals surface area (Å²) >= 11 is 6.31. The van der Waals surface area contributed by atoms with Crippen LogP contribution in [-0.2, 0) is 17.8 Å². The van der Waals surface area contributed by atoms with Gasteiger partial charge in [-0.2, -0.15) is 0 Å². The van der Waals surface area contributed by atoms with E-state index in [0.717, 1.165) is 16.7 Å². The van der Waals surface area contributed by atoms with E-state index in [1.54, 1.807) is 24.3 Å². The van der Waals surface area contributed by atoms with Crippen molar-refractivity contribution in [3.8, 4) is 5.69 Å². The zero-order chi connectivity index (χ0) is 22.1. The molecule has 10 heteroatoms. The molecular weight excluding hydrogens is 430 g/mol. The molecule has 2 aromatic carbocycles. The largest absolute Gasteiger partial charge is 0.383 e. The van der Waals surface area contributed by atoms with Gasteiger partial charge in [0, 0.05) is 18.7 Å². The van der Waals surface area contributed by atoms with Crippen LogP contribution in [0.25, 0.3) is 16.9 Å². The highest BCUT2D eigenvalue weighted by Crippen LogP contribution is 2.22. The number of benzene rings is 2. The quantitative estimate of drug-likeness (QED) is 0.456. The van der Waals surface area contributed by atoms with Crippen LogP contribution in [0, 0.1) is 11.6 Å². The molecule has 0 spiro atoms. The number of rotatable bonds is 6. The maximum atomic E-state index is 14.2. The zero-order valence-electron chi connectivity index (χ0n) is 16.4. The SMILES string of the molecule is COCCn1c(=O)c2c(ncn2Cc2ccc(F)cc2F)n(-c2ccccc2Cl)c1=O. The molecule has 2 aromatic heterocycles. The molecule has 0 atom stereocenters. The maximum Gasteiger partial charge on any atom is 0.337 e. The van der Waals surface area contributed by atoms with Gasteiger partial charge in [-0.15, -0.1) is 0 Å². The third-order valence-electron chi connectivity index (χ3n) is 4.87. The third-order valence-corrected chi connectivity index (χ3v) is 5.19. The van der Waals surface area contributed by atoms with Crippen molar-refractivity contribution in [2.24, 2.45) is 0 Å². The fourth-order valence-electron chi connectivity index (χ4n) is 3.36. The zero-order valence-corrected chi connectivity index (χ0v) is 17.1.